The average molecular weight is 367 g/mol. The van der Waals surface area contributed by atoms with Crippen molar-refractivity contribution >= 4 is 17.5 Å². The molecule has 1 aliphatic heterocycles. The molecule has 7 nitrogen and oxygen atoms in total. The fraction of sp³-hybridized carbons (Fsp3) is 0.400. The van der Waals surface area contributed by atoms with Crippen LogP contribution in [-0.4, -0.2) is 33.6 Å². The number of carbonyl (C=O) groups excluding carboxylic acids is 2. The van der Waals surface area contributed by atoms with Crippen LogP contribution in [0.2, 0.25) is 0 Å². The Morgan fingerprint density at radius 2 is 1.96 bits per heavy atom. The molecule has 0 saturated heterocycles. The number of carbonyl (C=O) groups is 2. The molecule has 3 rings (SSSR count). The molecule has 2 amide bonds. The number of rotatable bonds is 5. The van der Waals surface area contributed by atoms with Gasteiger partial charge >= 0.3 is 0 Å². The van der Waals surface area contributed by atoms with E-state index >= 15 is 0 Å². The summed E-state index contributed by atoms with van der Waals surface area (Å²) >= 11 is 0. The Kier molecular flexibility index (Phi) is 5.69. The zero-order valence-corrected chi connectivity index (χ0v) is 15.8. The van der Waals surface area contributed by atoms with Gasteiger partial charge in [0.2, 0.25) is 5.91 Å². The molecule has 0 spiro atoms. The molecule has 7 heteroatoms. The third-order valence-corrected chi connectivity index (χ3v) is 4.90. The number of hydrogen-bond donors (Lipinski definition) is 1. The molecule has 27 heavy (non-hydrogen) atoms. The molecule has 0 fully saturated rings. The zero-order chi connectivity index (χ0) is 19.4. The molecule has 0 saturated carbocycles. The maximum Gasteiger partial charge on any atom is 0.251 e. The van der Waals surface area contributed by atoms with Crippen molar-refractivity contribution in [3.05, 3.63) is 54.1 Å². The maximum absolute atomic E-state index is 12.6. The molecular formula is C20H25N5O2. The summed E-state index contributed by atoms with van der Waals surface area (Å²) in [7, 11) is 1.66. The number of nitrogens with one attached hydrogen (secondary N) is 1. The summed E-state index contributed by atoms with van der Waals surface area (Å²) in [5, 5.41) is 11.6. The second kappa shape index (κ2) is 8.16. The van der Waals surface area contributed by atoms with Gasteiger partial charge in [0.25, 0.3) is 5.91 Å². The molecule has 1 aromatic carbocycles. The van der Waals surface area contributed by atoms with Gasteiger partial charge in [-0.15, -0.1) is 10.2 Å². The smallest absolute Gasteiger partial charge is 0.251 e. The first-order chi connectivity index (χ1) is 13.0. The van der Waals surface area contributed by atoms with Crippen molar-refractivity contribution in [2.45, 2.75) is 45.2 Å². The van der Waals surface area contributed by atoms with Gasteiger partial charge in [0.15, 0.2) is 5.82 Å². The van der Waals surface area contributed by atoms with Crippen LogP contribution in [0.4, 0.5) is 5.69 Å². The lowest BCUT2D eigenvalue weighted by Crippen LogP contribution is -2.29. The number of likely N-dealkylation sites (N-methyl/N-ethyl adjacent to an activating group) is 1. The van der Waals surface area contributed by atoms with E-state index in [0.29, 0.717) is 11.3 Å². The summed E-state index contributed by atoms with van der Waals surface area (Å²) in [5.74, 6) is 1.42. The topological polar surface area (TPSA) is 80.1 Å². The second-order valence-corrected chi connectivity index (χ2v) is 6.78. The van der Waals surface area contributed by atoms with Gasteiger partial charge in [-0.3, -0.25) is 9.59 Å². The highest BCUT2D eigenvalue weighted by molar-refractivity contribution is 6.01. The van der Waals surface area contributed by atoms with Gasteiger partial charge < -0.3 is 14.8 Å². The molecule has 1 aliphatic rings. The highest BCUT2D eigenvalue weighted by Gasteiger charge is 2.21. The molecule has 142 valence electrons. The quantitative estimate of drug-likeness (QED) is 0.824. The third kappa shape index (κ3) is 4.07. The van der Waals surface area contributed by atoms with Gasteiger partial charge in [0.1, 0.15) is 5.82 Å². The lowest BCUT2D eigenvalue weighted by Gasteiger charge is -2.17. The van der Waals surface area contributed by atoms with Crippen LogP contribution in [0.15, 0.2) is 36.9 Å². The first-order valence-electron chi connectivity index (χ1n) is 9.24. The van der Waals surface area contributed by atoms with E-state index in [9.17, 15) is 9.59 Å². The van der Waals surface area contributed by atoms with Crippen LogP contribution in [0.25, 0.3) is 0 Å². The predicted octanol–water partition coefficient (Wildman–Crippen LogP) is 2.64. The summed E-state index contributed by atoms with van der Waals surface area (Å²) in [4.78, 5) is 25.7. The molecule has 0 radical (unpaired) electrons. The molecule has 1 N–H and O–H groups in total. The number of fused-ring (bicyclic) bond motifs is 1. The summed E-state index contributed by atoms with van der Waals surface area (Å²) in [6, 6.07) is 6.65. The highest BCUT2D eigenvalue weighted by atomic mass is 16.2. The number of amides is 2. The van der Waals surface area contributed by atoms with E-state index in [-0.39, 0.29) is 17.9 Å². The summed E-state index contributed by atoms with van der Waals surface area (Å²) < 4.78 is 2.14. The van der Waals surface area contributed by atoms with E-state index in [1.54, 1.807) is 31.3 Å². The number of nitrogens with zero attached hydrogens (tertiary/aromatic N) is 4. The maximum atomic E-state index is 12.6. The Balaban J connectivity index is 1.69. The predicted molar refractivity (Wildman–Crippen MR) is 104 cm³/mol. The van der Waals surface area contributed by atoms with Gasteiger partial charge in [0, 0.05) is 31.3 Å². The fourth-order valence-corrected chi connectivity index (χ4v) is 3.27. The van der Waals surface area contributed by atoms with E-state index < -0.39 is 0 Å². The Labute approximate surface area is 159 Å². The minimum absolute atomic E-state index is 0.183. The molecular weight excluding hydrogens is 342 g/mol. The van der Waals surface area contributed by atoms with Crippen molar-refractivity contribution in [3.63, 3.8) is 0 Å². The highest BCUT2D eigenvalue weighted by Crippen LogP contribution is 2.19. The molecule has 2 aromatic rings. The van der Waals surface area contributed by atoms with Crippen LogP contribution >= 0.6 is 0 Å². The van der Waals surface area contributed by atoms with E-state index in [4.69, 9.17) is 0 Å². The van der Waals surface area contributed by atoms with Crippen molar-refractivity contribution in [1.29, 1.82) is 0 Å². The van der Waals surface area contributed by atoms with Crippen LogP contribution in [-0.2, 0) is 17.8 Å². The van der Waals surface area contributed by atoms with Gasteiger partial charge in [-0.25, -0.2) is 0 Å². The van der Waals surface area contributed by atoms with Gasteiger partial charge in [-0.05, 0) is 50.1 Å². The number of hydrogen-bond acceptors (Lipinski definition) is 4. The molecule has 2 heterocycles. The summed E-state index contributed by atoms with van der Waals surface area (Å²) in [6.45, 7) is 6.30. The Hall–Kier alpha value is -2.96. The lowest BCUT2D eigenvalue weighted by molar-refractivity contribution is -0.113. The Morgan fingerprint density at radius 1 is 1.22 bits per heavy atom. The van der Waals surface area contributed by atoms with Crippen molar-refractivity contribution in [2.75, 3.05) is 11.9 Å². The minimum atomic E-state index is -0.235. The SMILES string of the molecule is C=CC(=O)N(C)c1ccc(C(=O)NC(C)c2nnc3n2CCCCC3)cc1. The molecule has 1 aromatic heterocycles. The van der Waals surface area contributed by atoms with Crippen molar-refractivity contribution in [1.82, 2.24) is 20.1 Å². The minimum Gasteiger partial charge on any atom is -0.342 e. The average Bonchev–Trinajstić information content (AvgIpc) is 2.95. The Morgan fingerprint density at radius 3 is 2.67 bits per heavy atom. The van der Waals surface area contributed by atoms with Crippen LogP contribution < -0.4 is 10.2 Å². The molecule has 0 aliphatic carbocycles. The zero-order valence-electron chi connectivity index (χ0n) is 15.8. The summed E-state index contributed by atoms with van der Waals surface area (Å²) in [6.07, 6.45) is 5.62. The van der Waals surface area contributed by atoms with E-state index in [1.165, 1.54) is 17.4 Å². The Bertz CT molecular complexity index is 841. The van der Waals surface area contributed by atoms with Crippen molar-refractivity contribution in [2.24, 2.45) is 0 Å². The van der Waals surface area contributed by atoms with Gasteiger partial charge in [-0.1, -0.05) is 13.0 Å². The van der Waals surface area contributed by atoms with Crippen LogP contribution in [0.3, 0.4) is 0 Å². The van der Waals surface area contributed by atoms with E-state index in [0.717, 1.165) is 37.5 Å². The van der Waals surface area contributed by atoms with Crippen LogP contribution in [0, 0.1) is 0 Å². The monoisotopic (exact) mass is 367 g/mol. The fourth-order valence-electron chi connectivity index (χ4n) is 3.27. The normalized spacial score (nSPS) is 14.6. The number of aromatic nitrogens is 3. The van der Waals surface area contributed by atoms with Gasteiger partial charge in [-0.2, -0.15) is 0 Å². The number of benzene rings is 1. The first-order valence-corrected chi connectivity index (χ1v) is 9.24. The molecule has 1 unspecified atom stereocenters. The standard InChI is InChI=1S/C20H25N5O2/c1-4-18(26)24(3)16-11-9-15(10-12-16)20(27)21-14(2)19-23-22-17-8-6-5-7-13-25(17)19/h4,9-12,14H,1,5-8,13H2,2-3H3,(H,21,27). The molecule has 0 bridgehead atoms. The van der Waals surface area contributed by atoms with E-state index in [2.05, 4.69) is 26.7 Å². The summed E-state index contributed by atoms with van der Waals surface area (Å²) in [5.41, 5.74) is 1.23. The van der Waals surface area contributed by atoms with Crippen molar-refractivity contribution in [3.8, 4) is 0 Å². The number of anilines is 1. The van der Waals surface area contributed by atoms with Crippen LogP contribution in [0.1, 0.15) is 54.2 Å². The second-order valence-electron chi connectivity index (χ2n) is 6.78. The van der Waals surface area contributed by atoms with E-state index in [1.807, 2.05) is 6.92 Å². The largest absolute Gasteiger partial charge is 0.342 e. The molecule has 1 atom stereocenters. The number of aryl methyl sites for hydroxylation is 1. The lowest BCUT2D eigenvalue weighted by atomic mass is 10.1. The van der Waals surface area contributed by atoms with Gasteiger partial charge in [0.05, 0.1) is 6.04 Å². The first kappa shape index (κ1) is 18.8. The van der Waals surface area contributed by atoms with Crippen LogP contribution in [0.5, 0.6) is 0 Å². The van der Waals surface area contributed by atoms with Crippen molar-refractivity contribution < 1.29 is 9.59 Å². The third-order valence-electron chi connectivity index (χ3n) is 4.90.